The van der Waals surface area contributed by atoms with Crippen LogP contribution in [0.15, 0.2) is 0 Å². The average molecular weight is 352 g/mol. The molecular formula is C16H23F3O5. The van der Waals surface area contributed by atoms with Crippen LogP contribution >= 0.6 is 0 Å². The Morgan fingerprint density at radius 3 is 2.58 bits per heavy atom. The average Bonchev–Trinajstić information content (AvgIpc) is 3.37. The molecule has 138 valence electrons. The molecule has 0 aromatic rings. The monoisotopic (exact) mass is 352 g/mol. The highest BCUT2D eigenvalue weighted by Crippen LogP contribution is 2.59. The fourth-order valence-electron chi connectivity index (χ4n) is 4.20. The number of rotatable bonds is 6. The van der Waals surface area contributed by atoms with Gasteiger partial charge >= 0.3 is 6.18 Å². The Morgan fingerprint density at radius 1 is 1.38 bits per heavy atom. The van der Waals surface area contributed by atoms with E-state index in [9.17, 15) is 18.0 Å². The van der Waals surface area contributed by atoms with Crippen molar-refractivity contribution in [3.8, 4) is 0 Å². The zero-order valence-corrected chi connectivity index (χ0v) is 14.0. The standard InChI is InChI=1S/C16H23F3O5/c1-9-6-15(7-23-15)13(12(21-3)11(9)20)14(2)10(24-14)4-5-22-8-16(17,18)19/h9-10,12-13H,4-8H2,1-3H3/t9-,10+,12+,13+,14+,15-/m0/s1. The summed E-state index contributed by atoms with van der Waals surface area (Å²) in [5, 5.41) is 0. The maximum atomic E-state index is 12.4. The van der Waals surface area contributed by atoms with Crippen LogP contribution in [0.5, 0.6) is 0 Å². The lowest BCUT2D eigenvalue weighted by Crippen LogP contribution is -2.55. The molecular weight excluding hydrogens is 329 g/mol. The zero-order valence-electron chi connectivity index (χ0n) is 14.0. The molecule has 3 aliphatic rings. The van der Waals surface area contributed by atoms with Crippen molar-refractivity contribution >= 4 is 5.78 Å². The van der Waals surface area contributed by atoms with E-state index < -0.39 is 30.1 Å². The molecule has 5 nitrogen and oxygen atoms in total. The molecule has 0 aromatic heterocycles. The Bertz CT molecular complexity index is 504. The number of ether oxygens (including phenoxy) is 4. The Morgan fingerprint density at radius 2 is 2.04 bits per heavy atom. The van der Waals surface area contributed by atoms with Crippen LogP contribution in [0.25, 0.3) is 0 Å². The second-order valence-electron chi connectivity index (χ2n) is 7.24. The van der Waals surface area contributed by atoms with Crippen molar-refractivity contribution in [3.05, 3.63) is 0 Å². The van der Waals surface area contributed by atoms with E-state index in [4.69, 9.17) is 14.2 Å². The molecule has 3 fully saturated rings. The van der Waals surface area contributed by atoms with Gasteiger partial charge in [-0.25, -0.2) is 0 Å². The summed E-state index contributed by atoms with van der Waals surface area (Å²) >= 11 is 0. The first kappa shape index (κ1) is 18.1. The second-order valence-corrected chi connectivity index (χ2v) is 7.24. The van der Waals surface area contributed by atoms with Crippen LogP contribution in [0.3, 0.4) is 0 Å². The van der Waals surface area contributed by atoms with E-state index in [2.05, 4.69) is 4.74 Å². The summed E-state index contributed by atoms with van der Waals surface area (Å²) in [6, 6.07) is 0. The normalized spacial score (nSPS) is 44.8. The van der Waals surface area contributed by atoms with Crippen LogP contribution in [0.4, 0.5) is 13.2 Å². The summed E-state index contributed by atoms with van der Waals surface area (Å²) in [5.74, 6) is -0.344. The van der Waals surface area contributed by atoms with Crippen LogP contribution in [0, 0.1) is 11.8 Å². The van der Waals surface area contributed by atoms with Gasteiger partial charge in [-0.15, -0.1) is 0 Å². The lowest BCUT2D eigenvalue weighted by atomic mass is 9.66. The van der Waals surface area contributed by atoms with E-state index in [-0.39, 0.29) is 30.3 Å². The third kappa shape index (κ3) is 3.21. The van der Waals surface area contributed by atoms with Crippen molar-refractivity contribution in [2.45, 2.75) is 56.3 Å². The van der Waals surface area contributed by atoms with Gasteiger partial charge in [0.05, 0.1) is 18.6 Å². The number of carbonyl (C=O) groups excluding carboxylic acids is 1. The van der Waals surface area contributed by atoms with Gasteiger partial charge in [0.15, 0.2) is 5.78 Å². The summed E-state index contributed by atoms with van der Waals surface area (Å²) in [5.41, 5.74) is -1.04. The van der Waals surface area contributed by atoms with Gasteiger partial charge in [-0.3, -0.25) is 4.79 Å². The Balaban J connectivity index is 1.62. The molecule has 3 rings (SSSR count). The van der Waals surface area contributed by atoms with E-state index in [1.54, 1.807) is 0 Å². The molecule has 1 saturated carbocycles. The van der Waals surface area contributed by atoms with Crippen molar-refractivity contribution in [1.29, 1.82) is 0 Å². The predicted octanol–water partition coefficient (Wildman–Crippen LogP) is 2.12. The molecule has 2 heterocycles. The minimum Gasteiger partial charge on any atom is -0.373 e. The zero-order chi connectivity index (χ0) is 17.8. The molecule has 0 unspecified atom stereocenters. The quantitative estimate of drug-likeness (QED) is 0.541. The van der Waals surface area contributed by atoms with Gasteiger partial charge in [0.2, 0.25) is 0 Å². The number of hydrogen-bond acceptors (Lipinski definition) is 5. The van der Waals surface area contributed by atoms with Crippen molar-refractivity contribution in [3.63, 3.8) is 0 Å². The van der Waals surface area contributed by atoms with Gasteiger partial charge in [0.25, 0.3) is 0 Å². The molecule has 0 radical (unpaired) electrons. The van der Waals surface area contributed by atoms with Gasteiger partial charge in [-0.05, 0) is 19.8 Å². The molecule has 0 amide bonds. The van der Waals surface area contributed by atoms with E-state index in [1.165, 1.54) is 7.11 Å². The van der Waals surface area contributed by atoms with E-state index in [0.29, 0.717) is 19.4 Å². The maximum Gasteiger partial charge on any atom is 0.411 e. The minimum absolute atomic E-state index is 0.0346. The minimum atomic E-state index is -4.33. The lowest BCUT2D eigenvalue weighted by molar-refractivity contribution is -0.174. The molecule has 8 heteroatoms. The molecule has 0 aromatic carbocycles. The van der Waals surface area contributed by atoms with E-state index in [1.807, 2.05) is 13.8 Å². The third-order valence-electron chi connectivity index (χ3n) is 5.44. The highest BCUT2D eigenvalue weighted by Gasteiger charge is 2.72. The molecule has 6 atom stereocenters. The second kappa shape index (κ2) is 5.93. The van der Waals surface area contributed by atoms with E-state index >= 15 is 0 Å². The first-order valence-electron chi connectivity index (χ1n) is 8.16. The van der Waals surface area contributed by atoms with Gasteiger partial charge in [0.1, 0.15) is 23.9 Å². The van der Waals surface area contributed by atoms with Gasteiger partial charge in [-0.2, -0.15) is 13.2 Å². The Kier molecular flexibility index (Phi) is 4.47. The lowest BCUT2D eigenvalue weighted by Gasteiger charge is -2.40. The summed E-state index contributed by atoms with van der Waals surface area (Å²) in [6.45, 7) is 3.01. The van der Waals surface area contributed by atoms with Crippen LogP contribution < -0.4 is 0 Å². The van der Waals surface area contributed by atoms with Crippen molar-refractivity contribution in [2.24, 2.45) is 11.8 Å². The van der Waals surface area contributed by atoms with Crippen LogP contribution in [0.2, 0.25) is 0 Å². The Labute approximate surface area is 138 Å². The summed E-state index contributed by atoms with van der Waals surface area (Å²) < 4.78 is 57.9. The number of methoxy groups -OCH3 is 1. The van der Waals surface area contributed by atoms with Crippen LogP contribution in [-0.2, 0) is 23.7 Å². The molecule has 0 bridgehead atoms. The van der Waals surface area contributed by atoms with Gasteiger partial charge in [0, 0.05) is 19.6 Å². The van der Waals surface area contributed by atoms with Crippen molar-refractivity contribution < 1.29 is 36.9 Å². The molecule has 2 saturated heterocycles. The molecule has 24 heavy (non-hydrogen) atoms. The van der Waals surface area contributed by atoms with Gasteiger partial charge < -0.3 is 18.9 Å². The number of hydrogen-bond donors (Lipinski definition) is 0. The highest BCUT2D eigenvalue weighted by molar-refractivity contribution is 5.87. The summed E-state index contributed by atoms with van der Waals surface area (Å²) in [7, 11) is 1.50. The first-order valence-corrected chi connectivity index (χ1v) is 8.16. The number of alkyl halides is 3. The number of Topliss-reactive ketones (excluding diaryl/α,β-unsaturated/α-hetero) is 1. The fraction of sp³-hybridized carbons (Fsp3) is 0.938. The van der Waals surface area contributed by atoms with Gasteiger partial charge in [-0.1, -0.05) is 6.92 Å². The SMILES string of the molecule is CO[C@@H]1C(=O)[C@@H](C)C[C@]2(CO2)[C@H]1[C@]1(C)O[C@@H]1CCOCC(F)(F)F. The summed E-state index contributed by atoms with van der Waals surface area (Å²) in [6.07, 6.45) is -4.21. The number of carbonyl (C=O) groups is 1. The fourth-order valence-corrected chi connectivity index (χ4v) is 4.20. The largest absolute Gasteiger partial charge is 0.411 e. The van der Waals surface area contributed by atoms with Crippen molar-refractivity contribution in [2.75, 3.05) is 26.9 Å². The van der Waals surface area contributed by atoms with E-state index in [0.717, 1.165) is 0 Å². The number of ketones is 1. The predicted molar refractivity (Wildman–Crippen MR) is 76.5 cm³/mol. The number of halogens is 3. The highest BCUT2D eigenvalue weighted by atomic mass is 19.4. The Hall–Kier alpha value is -0.700. The number of epoxide rings is 2. The third-order valence-corrected chi connectivity index (χ3v) is 5.44. The van der Waals surface area contributed by atoms with Crippen LogP contribution in [0.1, 0.15) is 26.7 Å². The maximum absolute atomic E-state index is 12.4. The molecule has 0 N–H and O–H groups in total. The van der Waals surface area contributed by atoms with Crippen molar-refractivity contribution in [1.82, 2.24) is 0 Å². The molecule has 2 aliphatic heterocycles. The topological polar surface area (TPSA) is 60.6 Å². The molecule has 1 aliphatic carbocycles. The summed E-state index contributed by atoms with van der Waals surface area (Å²) in [4.78, 5) is 12.4. The van der Waals surface area contributed by atoms with Crippen LogP contribution in [-0.4, -0.2) is 62.3 Å². The smallest absolute Gasteiger partial charge is 0.373 e. The first-order chi connectivity index (χ1) is 11.1. The molecule has 1 spiro atoms.